The van der Waals surface area contributed by atoms with E-state index in [9.17, 15) is 14.9 Å². The second-order valence-corrected chi connectivity index (χ2v) is 6.64. The molecule has 1 N–H and O–H groups in total. The van der Waals surface area contributed by atoms with Gasteiger partial charge in [-0.05, 0) is 25.5 Å². The highest BCUT2D eigenvalue weighted by molar-refractivity contribution is 5.99. The Balaban J connectivity index is 1.65. The first-order valence-electron chi connectivity index (χ1n) is 9.31. The molecule has 0 spiro atoms. The van der Waals surface area contributed by atoms with Crippen LogP contribution in [0, 0.1) is 17.0 Å². The summed E-state index contributed by atoms with van der Waals surface area (Å²) in [5.41, 5.74) is 5.89. The predicted octanol–water partition coefficient (Wildman–Crippen LogP) is 4.49. The van der Waals surface area contributed by atoms with E-state index in [4.69, 9.17) is 4.74 Å². The van der Waals surface area contributed by atoms with Crippen LogP contribution in [0.5, 0.6) is 5.75 Å². The van der Waals surface area contributed by atoms with Crippen molar-refractivity contribution < 1.29 is 14.5 Å². The zero-order valence-corrected chi connectivity index (χ0v) is 16.7. The van der Waals surface area contributed by atoms with E-state index in [1.165, 1.54) is 6.07 Å². The molecule has 1 amide bonds. The van der Waals surface area contributed by atoms with E-state index in [-0.39, 0.29) is 12.3 Å². The minimum absolute atomic E-state index is 0.00855. The number of hydrogen-bond donors (Lipinski definition) is 1. The molecule has 0 unspecified atom stereocenters. The lowest BCUT2D eigenvalue weighted by atomic mass is 10.1. The Bertz CT molecular complexity index is 1090. The average Bonchev–Trinajstić information content (AvgIpc) is 2.77. The molecular formula is C23H21N3O4. The van der Waals surface area contributed by atoms with Gasteiger partial charge in [-0.3, -0.25) is 14.9 Å². The van der Waals surface area contributed by atoms with Crippen molar-refractivity contribution in [2.45, 2.75) is 13.8 Å². The van der Waals surface area contributed by atoms with Gasteiger partial charge in [-0.15, -0.1) is 0 Å². The maximum absolute atomic E-state index is 12.2. The van der Waals surface area contributed by atoms with Gasteiger partial charge in [0.25, 0.3) is 11.6 Å². The molecule has 0 aliphatic carbocycles. The van der Waals surface area contributed by atoms with Crippen LogP contribution in [0.2, 0.25) is 0 Å². The predicted molar refractivity (Wildman–Crippen MR) is 116 cm³/mol. The maximum atomic E-state index is 12.2. The topological polar surface area (TPSA) is 93.8 Å². The van der Waals surface area contributed by atoms with Gasteiger partial charge in [0.05, 0.1) is 10.6 Å². The van der Waals surface area contributed by atoms with E-state index in [1.54, 1.807) is 32.0 Å². The molecule has 0 saturated heterocycles. The van der Waals surface area contributed by atoms with Crippen LogP contribution in [-0.2, 0) is 4.79 Å². The summed E-state index contributed by atoms with van der Waals surface area (Å²) in [6, 6.07) is 22.0. The van der Waals surface area contributed by atoms with Gasteiger partial charge < -0.3 is 4.74 Å². The molecule has 0 radical (unpaired) electrons. The molecule has 0 atom stereocenters. The Kier molecular flexibility index (Phi) is 6.54. The SMILES string of the molecule is C/C(=N/NC(=O)COc1ccccc1-c1ccccc1)c1ccc(C)c([N+](=O)[O-])c1. The van der Waals surface area contributed by atoms with E-state index >= 15 is 0 Å². The molecule has 0 fully saturated rings. The lowest BCUT2D eigenvalue weighted by Gasteiger charge is -2.11. The lowest BCUT2D eigenvalue weighted by molar-refractivity contribution is -0.385. The van der Waals surface area contributed by atoms with Crippen molar-refractivity contribution in [2.75, 3.05) is 6.61 Å². The van der Waals surface area contributed by atoms with E-state index in [1.807, 2.05) is 48.5 Å². The molecule has 0 aliphatic rings. The van der Waals surface area contributed by atoms with Crippen LogP contribution in [0.15, 0.2) is 77.9 Å². The molecule has 30 heavy (non-hydrogen) atoms. The summed E-state index contributed by atoms with van der Waals surface area (Å²) in [4.78, 5) is 22.8. The Labute approximate surface area is 174 Å². The number of nitrogens with one attached hydrogen (secondary N) is 1. The van der Waals surface area contributed by atoms with Gasteiger partial charge in [0, 0.05) is 22.8 Å². The minimum Gasteiger partial charge on any atom is -0.483 e. The van der Waals surface area contributed by atoms with Crippen molar-refractivity contribution in [3.8, 4) is 16.9 Å². The quantitative estimate of drug-likeness (QED) is 0.357. The number of nitro groups is 1. The molecule has 0 aromatic heterocycles. The molecule has 0 saturated carbocycles. The Hall–Kier alpha value is -4.00. The number of para-hydroxylation sites is 1. The number of aryl methyl sites for hydroxylation is 1. The van der Waals surface area contributed by atoms with Crippen LogP contribution in [0.1, 0.15) is 18.1 Å². The number of hydrazone groups is 1. The Morgan fingerprint density at radius 2 is 1.77 bits per heavy atom. The van der Waals surface area contributed by atoms with Gasteiger partial charge in [0.1, 0.15) is 5.75 Å². The van der Waals surface area contributed by atoms with Crippen LogP contribution in [0.25, 0.3) is 11.1 Å². The lowest BCUT2D eigenvalue weighted by Crippen LogP contribution is -2.25. The number of rotatable bonds is 7. The van der Waals surface area contributed by atoms with Crippen LogP contribution < -0.4 is 10.2 Å². The molecule has 0 bridgehead atoms. The number of amides is 1. The average molecular weight is 403 g/mol. The highest BCUT2D eigenvalue weighted by atomic mass is 16.6. The van der Waals surface area contributed by atoms with Gasteiger partial charge in [-0.25, -0.2) is 5.43 Å². The highest BCUT2D eigenvalue weighted by Crippen LogP contribution is 2.29. The molecule has 152 valence electrons. The summed E-state index contributed by atoms with van der Waals surface area (Å²) in [5.74, 6) is 0.160. The van der Waals surface area contributed by atoms with Crippen LogP contribution in [0.4, 0.5) is 5.69 Å². The normalized spacial score (nSPS) is 11.1. The number of carbonyl (C=O) groups excluding carboxylic acids is 1. The first-order valence-corrected chi connectivity index (χ1v) is 9.31. The van der Waals surface area contributed by atoms with Crippen molar-refractivity contribution in [1.29, 1.82) is 0 Å². The molecule has 3 rings (SSSR count). The zero-order chi connectivity index (χ0) is 21.5. The Morgan fingerprint density at radius 3 is 2.50 bits per heavy atom. The summed E-state index contributed by atoms with van der Waals surface area (Å²) in [6.07, 6.45) is 0. The third-order valence-electron chi connectivity index (χ3n) is 4.50. The standard InChI is InChI=1S/C23H21N3O4/c1-16-12-13-19(14-21(16)26(28)29)17(2)24-25-23(27)15-30-22-11-7-6-10-20(22)18-8-4-3-5-9-18/h3-14H,15H2,1-2H3,(H,25,27)/b24-17-. The van der Waals surface area contributed by atoms with Gasteiger partial charge in [0.2, 0.25) is 0 Å². The minimum atomic E-state index is -0.442. The third kappa shape index (κ3) is 5.08. The zero-order valence-electron chi connectivity index (χ0n) is 16.7. The second kappa shape index (κ2) is 9.47. The summed E-state index contributed by atoms with van der Waals surface area (Å²) in [6.45, 7) is 3.12. The summed E-state index contributed by atoms with van der Waals surface area (Å²) < 4.78 is 5.69. The van der Waals surface area contributed by atoms with E-state index in [2.05, 4.69) is 10.5 Å². The number of nitrogens with zero attached hydrogens (tertiary/aromatic N) is 2. The van der Waals surface area contributed by atoms with Crippen molar-refractivity contribution in [3.05, 3.63) is 94.0 Å². The molecule has 0 aliphatic heterocycles. The summed E-state index contributed by atoms with van der Waals surface area (Å²) in [5, 5.41) is 15.1. The largest absolute Gasteiger partial charge is 0.483 e. The van der Waals surface area contributed by atoms with Gasteiger partial charge >= 0.3 is 0 Å². The van der Waals surface area contributed by atoms with E-state index in [0.29, 0.717) is 22.6 Å². The fourth-order valence-electron chi connectivity index (χ4n) is 2.87. The van der Waals surface area contributed by atoms with Crippen LogP contribution in [-0.4, -0.2) is 23.1 Å². The summed E-state index contributed by atoms with van der Waals surface area (Å²) in [7, 11) is 0. The molecular weight excluding hydrogens is 382 g/mol. The first-order chi connectivity index (χ1) is 14.5. The number of nitro benzene ring substituents is 1. The second-order valence-electron chi connectivity index (χ2n) is 6.64. The van der Waals surface area contributed by atoms with E-state index < -0.39 is 10.8 Å². The fourth-order valence-corrected chi connectivity index (χ4v) is 2.87. The van der Waals surface area contributed by atoms with Crippen molar-refractivity contribution in [3.63, 3.8) is 0 Å². The fraction of sp³-hybridized carbons (Fsp3) is 0.130. The van der Waals surface area contributed by atoms with Crippen molar-refractivity contribution in [1.82, 2.24) is 5.43 Å². The summed E-state index contributed by atoms with van der Waals surface area (Å²) >= 11 is 0. The van der Waals surface area contributed by atoms with Crippen LogP contribution >= 0.6 is 0 Å². The molecule has 3 aromatic rings. The number of ether oxygens (including phenoxy) is 1. The third-order valence-corrected chi connectivity index (χ3v) is 4.50. The Morgan fingerprint density at radius 1 is 1.07 bits per heavy atom. The number of carbonyl (C=O) groups is 1. The van der Waals surface area contributed by atoms with Gasteiger partial charge in [0.15, 0.2) is 6.61 Å². The van der Waals surface area contributed by atoms with Crippen molar-refractivity contribution in [2.24, 2.45) is 5.10 Å². The first kappa shape index (κ1) is 20.7. The van der Waals surface area contributed by atoms with Crippen LogP contribution in [0.3, 0.4) is 0 Å². The maximum Gasteiger partial charge on any atom is 0.277 e. The molecule has 7 heteroatoms. The molecule has 0 heterocycles. The monoisotopic (exact) mass is 403 g/mol. The van der Waals surface area contributed by atoms with Gasteiger partial charge in [-0.1, -0.05) is 60.7 Å². The van der Waals surface area contributed by atoms with Crippen molar-refractivity contribution >= 4 is 17.3 Å². The number of hydrogen-bond acceptors (Lipinski definition) is 5. The van der Waals surface area contributed by atoms with E-state index in [0.717, 1.165) is 11.1 Å². The molecule has 3 aromatic carbocycles. The highest BCUT2D eigenvalue weighted by Gasteiger charge is 2.13. The number of benzene rings is 3. The smallest absolute Gasteiger partial charge is 0.277 e. The van der Waals surface area contributed by atoms with Gasteiger partial charge in [-0.2, -0.15) is 5.10 Å². The molecule has 7 nitrogen and oxygen atoms in total.